The molecule has 4 heterocycles. The minimum atomic E-state index is -4.76. The second kappa shape index (κ2) is 9.73. The van der Waals surface area contributed by atoms with Crippen molar-refractivity contribution in [3.05, 3.63) is 41.1 Å². The lowest BCUT2D eigenvalue weighted by Gasteiger charge is -2.41. The maximum atomic E-state index is 13.3. The van der Waals surface area contributed by atoms with Crippen LogP contribution in [0.3, 0.4) is 0 Å². The van der Waals surface area contributed by atoms with Crippen LogP contribution in [-0.4, -0.2) is 61.6 Å². The SMILES string of the molecule is Cc1cc(CCC(=O)CC2C=C(N3CC(F)(F)C3)N=C(C(F)(F)F)C2)nnc1-c1cn(C)nc1C(F)(F)F. The number of aromatic nitrogens is 4. The van der Waals surface area contributed by atoms with Crippen LogP contribution in [0, 0.1) is 12.8 Å². The van der Waals surface area contributed by atoms with Gasteiger partial charge in [0, 0.05) is 32.5 Å². The van der Waals surface area contributed by atoms with Gasteiger partial charge in [0.05, 0.1) is 30.0 Å². The Bertz CT molecular complexity index is 1290. The molecule has 0 saturated carbocycles. The number of hydrogen-bond donors (Lipinski definition) is 0. The summed E-state index contributed by atoms with van der Waals surface area (Å²) in [5.41, 5.74) is -1.81. The van der Waals surface area contributed by atoms with Crippen molar-refractivity contribution in [2.45, 2.75) is 50.9 Å². The van der Waals surface area contributed by atoms with E-state index in [2.05, 4.69) is 20.3 Å². The van der Waals surface area contributed by atoms with Gasteiger partial charge in [-0.15, -0.1) is 5.10 Å². The third kappa shape index (κ3) is 6.18. The normalized spacial score (nSPS) is 19.6. The molecule has 1 saturated heterocycles. The first-order valence-corrected chi connectivity index (χ1v) is 11.5. The second-order valence-corrected chi connectivity index (χ2v) is 9.43. The lowest BCUT2D eigenvalue weighted by molar-refractivity contribution is -0.141. The Kier molecular flexibility index (Phi) is 7.08. The average Bonchev–Trinajstić information content (AvgIpc) is 3.17. The van der Waals surface area contributed by atoms with E-state index in [4.69, 9.17) is 0 Å². The van der Waals surface area contributed by atoms with E-state index in [-0.39, 0.29) is 36.3 Å². The summed E-state index contributed by atoms with van der Waals surface area (Å²) in [6, 6.07) is 1.49. The van der Waals surface area contributed by atoms with Crippen molar-refractivity contribution in [2.75, 3.05) is 13.1 Å². The van der Waals surface area contributed by atoms with Gasteiger partial charge < -0.3 is 4.90 Å². The van der Waals surface area contributed by atoms with E-state index in [0.717, 1.165) is 9.58 Å². The molecule has 2 aliphatic rings. The summed E-state index contributed by atoms with van der Waals surface area (Å²) < 4.78 is 107. The number of allylic oxidation sites excluding steroid dienone is 1. The van der Waals surface area contributed by atoms with Crippen molar-refractivity contribution in [2.24, 2.45) is 18.0 Å². The van der Waals surface area contributed by atoms with Crippen LogP contribution in [0.5, 0.6) is 0 Å². The molecule has 206 valence electrons. The van der Waals surface area contributed by atoms with Gasteiger partial charge in [0.25, 0.3) is 5.92 Å². The molecular formula is C23H22F8N6O. The van der Waals surface area contributed by atoms with Crippen LogP contribution in [0.2, 0.25) is 0 Å². The zero-order chi connectivity index (χ0) is 28.0. The average molecular weight is 550 g/mol. The molecule has 0 aliphatic carbocycles. The van der Waals surface area contributed by atoms with Crippen LogP contribution in [0.15, 0.2) is 29.2 Å². The molecule has 7 nitrogen and oxygen atoms in total. The van der Waals surface area contributed by atoms with Crippen molar-refractivity contribution in [3.8, 4) is 11.3 Å². The van der Waals surface area contributed by atoms with Crippen molar-refractivity contribution in [1.82, 2.24) is 24.9 Å². The van der Waals surface area contributed by atoms with Gasteiger partial charge in [-0.2, -0.15) is 36.5 Å². The Morgan fingerprint density at radius 3 is 2.37 bits per heavy atom. The molecule has 1 fully saturated rings. The number of Topliss-reactive ketones (excluding diaryl/α,β-unsaturated/α-hetero) is 1. The number of hydrogen-bond acceptors (Lipinski definition) is 6. The molecule has 4 rings (SSSR count). The fourth-order valence-corrected chi connectivity index (χ4v) is 4.36. The molecule has 1 atom stereocenters. The monoisotopic (exact) mass is 550 g/mol. The predicted octanol–water partition coefficient (Wildman–Crippen LogP) is 4.91. The van der Waals surface area contributed by atoms with Gasteiger partial charge in [-0.3, -0.25) is 9.48 Å². The van der Waals surface area contributed by atoms with Crippen LogP contribution in [0.4, 0.5) is 35.1 Å². The molecular weight excluding hydrogens is 528 g/mol. The number of halogens is 8. The van der Waals surface area contributed by atoms with Gasteiger partial charge in [0.15, 0.2) is 5.69 Å². The van der Waals surface area contributed by atoms with Crippen molar-refractivity contribution in [1.29, 1.82) is 0 Å². The summed E-state index contributed by atoms with van der Waals surface area (Å²) in [5.74, 6) is -4.49. The molecule has 2 aliphatic heterocycles. The summed E-state index contributed by atoms with van der Waals surface area (Å²) in [6.45, 7) is 0.0471. The standard InChI is InChI=1S/C23H22F8N6O/c1-12-5-14(33-34-19(12)16-9-36(2)35-20(16)23(29,30)31)3-4-15(38)6-13-7-17(22(26,27)28)32-18(8-13)37-10-21(24,25)11-37/h5,8-9,13H,3-4,6-7,10-11H2,1-2H3. The number of aryl methyl sites for hydroxylation is 3. The summed E-state index contributed by atoms with van der Waals surface area (Å²) in [5, 5.41) is 11.3. The zero-order valence-corrected chi connectivity index (χ0v) is 20.2. The number of carbonyl (C=O) groups is 1. The van der Waals surface area contributed by atoms with Crippen LogP contribution < -0.4 is 0 Å². The molecule has 0 aromatic carbocycles. The molecule has 15 heteroatoms. The zero-order valence-electron chi connectivity index (χ0n) is 20.2. The maximum Gasteiger partial charge on any atom is 0.435 e. The van der Waals surface area contributed by atoms with E-state index >= 15 is 0 Å². The van der Waals surface area contributed by atoms with Crippen molar-refractivity contribution >= 4 is 11.5 Å². The highest BCUT2D eigenvalue weighted by atomic mass is 19.4. The van der Waals surface area contributed by atoms with E-state index in [1.54, 1.807) is 0 Å². The third-order valence-corrected chi connectivity index (χ3v) is 6.12. The first-order chi connectivity index (χ1) is 17.5. The van der Waals surface area contributed by atoms with Crippen LogP contribution in [0.1, 0.15) is 36.2 Å². The molecule has 0 radical (unpaired) electrons. The number of alkyl halides is 8. The van der Waals surface area contributed by atoms with Gasteiger partial charge in [0.1, 0.15) is 17.3 Å². The van der Waals surface area contributed by atoms with E-state index in [0.29, 0.717) is 11.3 Å². The Morgan fingerprint density at radius 2 is 1.79 bits per heavy atom. The summed E-state index contributed by atoms with van der Waals surface area (Å²) in [7, 11) is 1.34. The number of nitrogens with zero attached hydrogens (tertiary/aromatic N) is 6. The van der Waals surface area contributed by atoms with E-state index in [1.165, 1.54) is 32.3 Å². The van der Waals surface area contributed by atoms with Gasteiger partial charge >= 0.3 is 12.4 Å². The topological polar surface area (TPSA) is 76.3 Å². The number of rotatable bonds is 7. The highest BCUT2D eigenvalue weighted by Gasteiger charge is 2.47. The first-order valence-electron chi connectivity index (χ1n) is 11.5. The number of ketones is 1. The maximum absolute atomic E-state index is 13.3. The predicted molar refractivity (Wildman–Crippen MR) is 118 cm³/mol. The van der Waals surface area contributed by atoms with Crippen LogP contribution >= 0.6 is 0 Å². The van der Waals surface area contributed by atoms with E-state index < -0.39 is 60.9 Å². The Balaban J connectivity index is 1.41. The highest BCUT2D eigenvalue weighted by Crippen LogP contribution is 2.37. The molecule has 1 unspecified atom stereocenters. The molecule has 0 spiro atoms. The number of carbonyl (C=O) groups excluding carboxylic acids is 1. The first kappa shape index (κ1) is 27.6. The molecule has 0 bridgehead atoms. The lowest BCUT2D eigenvalue weighted by atomic mass is 9.91. The Labute approximate surface area is 211 Å². The second-order valence-electron chi connectivity index (χ2n) is 9.43. The lowest BCUT2D eigenvalue weighted by Crippen LogP contribution is -2.55. The van der Waals surface area contributed by atoms with E-state index in [9.17, 15) is 39.9 Å². The molecule has 0 N–H and O–H groups in total. The fraction of sp³-hybridized carbons (Fsp3) is 0.522. The largest absolute Gasteiger partial charge is 0.435 e. The van der Waals surface area contributed by atoms with Gasteiger partial charge in [0.2, 0.25) is 0 Å². The molecule has 2 aromatic heterocycles. The van der Waals surface area contributed by atoms with Gasteiger partial charge in [-0.25, -0.2) is 13.8 Å². The minimum absolute atomic E-state index is 0.0177. The van der Waals surface area contributed by atoms with Crippen molar-refractivity contribution < 1.29 is 39.9 Å². The highest BCUT2D eigenvalue weighted by molar-refractivity contribution is 5.92. The molecule has 38 heavy (non-hydrogen) atoms. The molecule has 0 amide bonds. The van der Waals surface area contributed by atoms with Crippen molar-refractivity contribution in [3.63, 3.8) is 0 Å². The summed E-state index contributed by atoms with van der Waals surface area (Å²) >= 11 is 0. The summed E-state index contributed by atoms with van der Waals surface area (Å²) in [4.78, 5) is 17.1. The fourth-order valence-electron chi connectivity index (χ4n) is 4.36. The van der Waals surface area contributed by atoms with Crippen LogP contribution in [0.25, 0.3) is 11.3 Å². The third-order valence-electron chi connectivity index (χ3n) is 6.12. The van der Waals surface area contributed by atoms with Gasteiger partial charge in [-0.05, 0) is 37.0 Å². The Morgan fingerprint density at radius 1 is 1.11 bits per heavy atom. The van der Waals surface area contributed by atoms with Gasteiger partial charge in [-0.1, -0.05) is 0 Å². The number of likely N-dealkylation sites (tertiary alicyclic amines) is 1. The summed E-state index contributed by atoms with van der Waals surface area (Å²) in [6.07, 6.45) is -7.83. The smallest absolute Gasteiger partial charge is 0.345 e. The number of aliphatic imine (C=N–C) groups is 1. The quantitative estimate of drug-likeness (QED) is 0.458. The van der Waals surface area contributed by atoms with Crippen LogP contribution in [-0.2, 0) is 24.4 Å². The minimum Gasteiger partial charge on any atom is -0.345 e. The molecule has 2 aromatic rings. The Hall–Kier alpha value is -3.39. The van der Waals surface area contributed by atoms with E-state index in [1.807, 2.05) is 0 Å².